The summed E-state index contributed by atoms with van der Waals surface area (Å²) in [6.07, 6.45) is -2.72. The molecular formula is C9H20NO6S-. The third-order valence-electron chi connectivity index (χ3n) is 2.12. The summed E-state index contributed by atoms with van der Waals surface area (Å²) in [5.41, 5.74) is 0. The molecule has 0 rings (SSSR count). The summed E-state index contributed by atoms with van der Waals surface area (Å²) in [6.45, 7) is 3.57. The average Bonchev–Trinajstić information content (AvgIpc) is 2.13. The Morgan fingerprint density at radius 3 is 2.18 bits per heavy atom. The van der Waals surface area contributed by atoms with Gasteiger partial charge in [-0.3, -0.25) is 5.32 Å². The van der Waals surface area contributed by atoms with Gasteiger partial charge in [0.05, 0.1) is 22.5 Å². The molecule has 0 saturated heterocycles. The Labute approximate surface area is 101 Å². The van der Waals surface area contributed by atoms with Crippen LogP contribution < -0.4 is 5.32 Å². The molecule has 0 aliphatic carbocycles. The highest BCUT2D eigenvalue weighted by Crippen LogP contribution is 2.06. The highest BCUT2D eigenvalue weighted by Gasteiger charge is 2.22. The first kappa shape index (κ1) is 16.8. The Morgan fingerprint density at radius 2 is 1.82 bits per heavy atom. The van der Waals surface area contributed by atoms with Gasteiger partial charge in [-0.05, 0) is 12.3 Å². The van der Waals surface area contributed by atoms with E-state index in [2.05, 4.69) is 5.32 Å². The zero-order valence-corrected chi connectivity index (χ0v) is 10.7. The van der Waals surface area contributed by atoms with E-state index in [9.17, 15) is 23.2 Å². The number of hydrogen-bond donors (Lipinski definition) is 4. The van der Waals surface area contributed by atoms with Crippen LogP contribution in [0.1, 0.15) is 20.3 Å². The molecule has 0 bridgehead atoms. The predicted octanol–water partition coefficient (Wildman–Crippen LogP) is -1.79. The molecule has 0 aliphatic rings. The molecule has 0 amide bonds. The summed E-state index contributed by atoms with van der Waals surface area (Å²) in [5, 5.41) is 30.2. The summed E-state index contributed by atoms with van der Waals surface area (Å²) < 4.78 is 31.1. The van der Waals surface area contributed by atoms with Gasteiger partial charge >= 0.3 is 0 Å². The molecule has 0 saturated carbocycles. The third kappa shape index (κ3) is 8.47. The number of nitrogens with one attached hydrogen (secondary N) is 1. The zero-order chi connectivity index (χ0) is 13.6. The second-order valence-corrected chi connectivity index (χ2v) is 5.86. The van der Waals surface area contributed by atoms with E-state index in [0.717, 1.165) is 0 Å². The fourth-order valence-corrected chi connectivity index (χ4v) is 2.02. The van der Waals surface area contributed by atoms with Crippen LogP contribution in [0.5, 0.6) is 0 Å². The zero-order valence-electron chi connectivity index (χ0n) is 9.91. The number of aliphatic hydroxyl groups excluding tert-OH is 3. The van der Waals surface area contributed by atoms with Crippen LogP contribution in [0.15, 0.2) is 0 Å². The highest BCUT2D eigenvalue weighted by molar-refractivity contribution is 7.85. The molecule has 4 N–H and O–H groups in total. The lowest BCUT2D eigenvalue weighted by atomic mass is 10.0. The van der Waals surface area contributed by atoms with Crippen LogP contribution in [0.3, 0.4) is 0 Å². The third-order valence-corrected chi connectivity index (χ3v) is 2.87. The van der Waals surface area contributed by atoms with Crippen LogP contribution in [0, 0.1) is 5.92 Å². The molecule has 8 heteroatoms. The van der Waals surface area contributed by atoms with E-state index >= 15 is 0 Å². The van der Waals surface area contributed by atoms with Crippen molar-refractivity contribution in [3.05, 3.63) is 0 Å². The van der Waals surface area contributed by atoms with E-state index in [4.69, 9.17) is 5.11 Å². The SMILES string of the molecule is CC(C)CC(CO)NC(O)C(O)CS(=O)(=O)[O-]. The van der Waals surface area contributed by atoms with Crippen LogP contribution in [0.2, 0.25) is 0 Å². The number of rotatable bonds is 8. The maximum atomic E-state index is 10.4. The molecular weight excluding hydrogens is 250 g/mol. The molecule has 104 valence electrons. The summed E-state index contributed by atoms with van der Waals surface area (Å²) in [7, 11) is -4.60. The van der Waals surface area contributed by atoms with Crippen LogP contribution in [-0.4, -0.2) is 59.0 Å². The van der Waals surface area contributed by atoms with E-state index in [-0.39, 0.29) is 12.5 Å². The largest absolute Gasteiger partial charge is 0.748 e. The molecule has 0 spiro atoms. The van der Waals surface area contributed by atoms with Gasteiger partial charge in [-0.1, -0.05) is 13.8 Å². The predicted molar refractivity (Wildman–Crippen MR) is 60.0 cm³/mol. The van der Waals surface area contributed by atoms with Crippen LogP contribution in [0.25, 0.3) is 0 Å². The summed E-state index contributed by atoms with van der Waals surface area (Å²) in [4.78, 5) is 0. The summed E-state index contributed by atoms with van der Waals surface area (Å²) >= 11 is 0. The minimum Gasteiger partial charge on any atom is -0.748 e. The molecule has 0 aromatic heterocycles. The molecule has 3 unspecified atom stereocenters. The lowest BCUT2D eigenvalue weighted by molar-refractivity contribution is -0.00420. The smallest absolute Gasteiger partial charge is 0.132 e. The van der Waals surface area contributed by atoms with Gasteiger partial charge in [0.1, 0.15) is 12.3 Å². The maximum absolute atomic E-state index is 10.4. The van der Waals surface area contributed by atoms with Crippen molar-refractivity contribution in [3.63, 3.8) is 0 Å². The second-order valence-electron chi connectivity index (χ2n) is 4.41. The Bertz CT molecular complexity index is 305. The molecule has 3 atom stereocenters. The van der Waals surface area contributed by atoms with Crippen LogP contribution >= 0.6 is 0 Å². The molecule has 0 aliphatic heterocycles. The molecule has 0 aromatic carbocycles. The minimum atomic E-state index is -4.60. The van der Waals surface area contributed by atoms with Gasteiger partial charge in [0.15, 0.2) is 0 Å². The van der Waals surface area contributed by atoms with E-state index in [1.807, 2.05) is 13.8 Å². The average molecular weight is 270 g/mol. The Morgan fingerprint density at radius 1 is 1.29 bits per heavy atom. The van der Waals surface area contributed by atoms with Crippen molar-refractivity contribution in [2.24, 2.45) is 5.92 Å². The highest BCUT2D eigenvalue weighted by atomic mass is 32.2. The van der Waals surface area contributed by atoms with E-state index in [0.29, 0.717) is 6.42 Å². The van der Waals surface area contributed by atoms with Crippen molar-refractivity contribution in [1.29, 1.82) is 0 Å². The minimum absolute atomic E-state index is 0.257. The van der Waals surface area contributed by atoms with Crippen molar-refractivity contribution in [3.8, 4) is 0 Å². The second kappa shape index (κ2) is 7.24. The van der Waals surface area contributed by atoms with Crippen molar-refractivity contribution in [1.82, 2.24) is 5.32 Å². The molecule has 0 radical (unpaired) electrons. The van der Waals surface area contributed by atoms with Crippen molar-refractivity contribution in [2.45, 2.75) is 38.6 Å². The first-order valence-electron chi connectivity index (χ1n) is 5.32. The fourth-order valence-electron chi connectivity index (χ4n) is 1.42. The Balaban J connectivity index is 4.26. The molecule has 7 nitrogen and oxygen atoms in total. The van der Waals surface area contributed by atoms with Gasteiger partial charge < -0.3 is 19.9 Å². The van der Waals surface area contributed by atoms with E-state index < -0.39 is 34.2 Å². The van der Waals surface area contributed by atoms with Crippen LogP contribution in [-0.2, 0) is 10.1 Å². The summed E-state index contributed by atoms with van der Waals surface area (Å²) in [5.74, 6) is -0.812. The molecule has 0 heterocycles. The quantitative estimate of drug-likeness (QED) is 0.302. The summed E-state index contributed by atoms with van der Waals surface area (Å²) in [6, 6.07) is -0.464. The molecule has 0 fully saturated rings. The van der Waals surface area contributed by atoms with Gasteiger partial charge in [-0.15, -0.1) is 0 Å². The van der Waals surface area contributed by atoms with Crippen LogP contribution in [0.4, 0.5) is 0 Å². The van der Waals surface area contributed by atoms with E-state index in [1.165, 1.54) is 0 Å². The first-order valence-corrected chi connectivity index (χ1v) is 6.90. The normalized spacial score (nSPS) is 18.1. The lowest BCUT2D eigenvalue weighted by Gasteiger charge is -2.26. The fraction of sp³-hybridized carbons (Fsp3) is 1.00. The van der Waals surface area contributed by atoms with Crippen molar-refractivity contribution < 1.29 is 28.3 Å². The molecule has 0 aromatic rings. The lowest BCUT2D eigenvalue weighted by Crippen LogP contribution is -2.49. The van der Waals surface area contributed by atoms with Gasteiger partial charge in [0.2, 0.25) is 0 Å². The standard InChI is InChI=1S/C9H21NO6S/c1-6(2)3-7(4-11)10-9(13)8(12)5-17(14,15)16/h6-13H,3-5H2,1-2H3,(H,14,15,16)/p-1. The van der Waals surface area contributed by atoms with E-state index in [1.54, 1.807) is 0 Å². The van der Waals surface area contributed by atoms with Gasteiger partial charge in [-0.2, -0.15) is 0 Å². The molecule has 17 heavy (non-hydrogen) atoms. The Kier molecular flexibility index (Phi) is 7.14. The topological polar surface area (TPSA) is 130 Å². The Hall–Kier alpha value is -0.250. The monoisotopic (exact) mass is 270 g/mol. The van der Waals surface area contributed by atoms with Gasteiger partial charge in [-0.25, -0.2) is 8.42 Å². The van der Waals surface area contributed by atoms with Crippen molar-refractivity contribution in [2.75, 3.05) is 12.4 Å². The maximum Gasteiger partial charge on any atom is 0.132 e. The van der Waals surface area contributed by atoms with Crippen molar-refractivity contribution >= 4 is 10.1 Å². The van der Waals surface area contributed by atoms with Gasteiger partial charge in [0.25, 0.3) is 0 Å². The number of hydrogen-bond acceptors (Lipinski definition) is 7. The number of aliphatic hydroxyl groups is 3. The first-order chi connectivity index (χ1) is 7.65. The van der Waals surface area contributed by atoms with Gasteiger partial charge in [0, 0.05) is 6.04 Å².